The third-order valence-electron chi connectivity index (χ3n) is 1.19. The van der Waals surface area contributed by atoms with Crippen LogP contribution in [0.2, 0.25) is 0 Å². The summed E-state index contributed by atoms with van der Waals surface area (Å²) >= 11 is -0.396. The van der Waals surface area contributed by atoms with Gasteiger partial charge in [0.15, 0.2) is 0 Å². The molecule has 0 aromatic rings. The fourth-order valence-electron chi connectivity index (χ4n) is 0.435. The highest BCUT2D eigenvalue weighted by Gasteiger charge is 2.73. The molecule has 0 aliphatic rings. The Hall–Kier alpha value is -0.160. The minimum atomic E-state index is -6.27. The normalized spacial score (nSPS) is 14.0. The molecule has 90 valence electrons. The summed E-state index contributed by atoms with van der Waals surface area (Å²) in [6, 6.07) is 0. The first-order valence-corrected chi connectivity index (χ1v) is 3.97. The molecule has 0 radical (unpaired) electrons. The van der Waals surface area contributed by atoms with Gasteiger partial charge in [-0.1, -0.05) is 0 Å². The monoisotopic (exact) mass is 358 g/mol. The highest BCUT2D eigenvalue weighted by atomic mass is 127. The highest BCUT2D eigenvalue weighted by Crippen LogP contribution is 2.52. The predicted octanol–water partition coefficient (Wildman–Crippen LogP) is 4.36. The average Bonchev–Trinajstić information content (AvgIpc) is 2.00. The van der Waals surface area contributed by atoms with Gasteiger partial charge < -0.3 is 0 Å². The first-order chi connectivity index (χ1) is 6.35. The van der Waals surface area contributed by atoms with Crippen LogP contribution in [0, 0.1) is 0 Å². The third kappa shape index (κ3) is 2.50. The Labute approximate surface area is 90.3 Å². The average molecular weight is 358 g/mol. The van der Waals surface area contributed by atoms with E-state index in [1.165, 1.54) is 0 Å². The number of hydrogen-bond acceptors (Lipinski definition) is 0. The van der Waals surface area contributed by atoms with Gasteiger partial charge in [0.2, 0.25) is 5.83 Å². The molecule has 0 aliphatic heterocycles. The van der Waals surface area contributed by atoms with Crippen molar-refractivity contribution in [3.63, 3.8) is 0 Å². The minimum Gasteiger partial charge on any atom is -0.199 e. The molecular weight excluding hydrogens is 358 g/mol. The van der Waals surface area contributed by atoms with Gasteiger partial charge in [-0.3, -0.25) is 0 Å². The summed E-state index contributed by atoms with van der Waals surface area (Å²) in [5, 5.41) is 0. The zero-order chi connectivity index (χ0) is 12.7. The molecule has 10 heteroatoms. The molecular formula is C5F9I. The van der Waals surface area contributed by atoms with Gasteiger partial charge >= 0.3 is 21.9 Å². The van der Waals surface area contributed by atoms with Gasteiger partial charge in [0.25, 0.3) is 0 Å². The maximum absolute atomic E-state index is 12.2. The minimum absolute atomic E-state index is 0.396. The van der Waals surface area contributed by atoms with Crippen molar-refractivity contribution in [2.24, 2.45) is 0 Å². The standard InChI is InChI=1S/C5F9I/c6-1(2(7)8)3(9,10)4(11,12)5(13,14)15. The number of allylic oxidation sites excluding steroid dienone is 1. The van der Waals surface area contributed by atoms with Crippen LogP contribution in [0.25, 0.3) is 0 Å². The second-order valence-electron chi connectivity index (χ2n) is 2.22. The van der Waals surface area contributed by atoms with E-state index in [1.807, 2.05) is 0 Å². The quantitative estimate of drug-likeness (QED) is 0.400. The molecule has 0 bridgehead atoms. The molecule has 0 aromatic heterocycles. The van der Waals surface area contributed by atoms with Crippen LogP contribution >= 0.6 is 22.6 Å². The number of hydrogen-bond donors (Lipinski definition) is 0. The summed E-state index contributed by atoms with van der Waals surface area (Å²) in [5.41, 5.74) is 0. The molecule has 0 aliphatic carbocycles. The lowest BCUT2D eigenvalue weighted by Gasteiger charge is -2.27. The van der Waals surface area contributed by atoms with Crippen molar-refractivity contribution in [1.29, 1.82) is 0 Å². The summed E-state index contributed by atoms with van der Waals surface area (Å²) in [5.74, 6) is -16.4. The molecule has 0 N–H and O–H groups in total. The van der Waals surface area contributed by atoms with Crippen LogP contribution in [0.3, 0.4) is 0 Å². The number of halogens is 10. The lowest BCUT2D eigenvalue weighted by Crippen LogP contribution is -2.51. The maximum Gasteiger partial charge on any atom is 0.388 e. The van der Waals surface area contributed by atoms with E-state index in [4.69, 9.17) is 0 Å². The molecule has 0 saturated carbocycles. The van der Waals surface area contributed by atoms with Crippen LogP contribution in [0.1, 0.15) is 0 Å². The predicted molar refractivity (Wildman–Crippen MR) is 39.2 cm³/mol. The van der Waals surface area contributed by atoms with Crippen LogP contribution in [0.5, 0.6) is 0 Å². The largest absolute Gasteiger partial charge is 0.388 e. The van der Waals surface area contributed by atoms with Crippen molar-refractivity contribution >= 4 is 22.6 Å². The Morgan fingerprint density at radius 1 is 0.800 bits per heavy atom. The van der Waals surface area contributed by atoms with Crippen molar-refractivity contribution in [2.45, 2.75) is 15.8 Å². The molecule has 0 rings (SSSR count). The van der Waals surface area contributed by atoms with E-state index in [-0.39, 0.29) is 0 Å². The van der Waals surface area contributed by atoms with E-state index < -0.39 is 50.3 Å². The fourth-order valence-corrected chi connectivity index (χ4v) is 0.773. The smallest absolute Gasteiger partial charge is 0.199 e. The van der Waals surface area contributed by atoms with E-state index >= 15 is 0 Å². The van der Waals surface area contributed by atoms with Crippen molar-refractivity contribution < 1.29 is 39.5 Å². The van der Waals surface area contributed by atoms with Crippen molar-refractivity contribution in [2.75, 3.05) is 0 Å². The topological polar surface area (TPSA) is 0 Å². The van der Waals surface area contributed by atoms with Gasteiger partial charge in [-0.2, -0.15) is 39.5 Å². The van der Waals surface area contributed by atoms with Crippen LogP contribution in [0.15, 0.2) is 11.9 Å². The molecule has 0 saturated heterocycles. The zero-order valence-electron chi connectivity index (χ0n) is 6.28. The van der Waals surface area contributed by atoms with Gasteiger partial charge in [0.05, 0.1) is 0 Å². The molecule has 0 heterocycles. The zero-order valence-corrected chi connectivity index (χ0v) is 8.44. The van der Waals surface area contributed by atoms with Gasteiger partial charge in [0, 0.05) is 22.6 Å². The molecule has 0 nitrogen and oxygen atoms in total. The Bertz CT molecular complexity index is 271. The molecule has 0 unspecified atom stereocenters. The lowest BCUT2D eigenvalue weighted by atomic mass is 10.1. The van der Waals surface area contributed by atoms with E-state index in [0.717, 1.165) is 0 Å². The highest BCUT2D eigenvalue weighted by molar-refractivity contribution is 14.1. The summed E-state index contributed by atoms with van der Waals surface area (Å²) in [6.07, 6.45) is -3.78. The first-order valence-electron chi connectivity index (χ1n) is 2.89. The van der Waals surface area contributed by atoms with Gasteiger partial charge in [-0.05, 0) is 0 Å². The van der Waals surface area contributed by atoms with E-state index in [0.29, 0.717) is 0 Å². The maximum atomic E-state index is 12.2. The Kier molecular flexibility index (Phi) is 3.97. The number of alkyl halides is 7. The Morgan fingerprint density at radius 3 is 1.33 bits per heavy atom. The van der Waals surface area contributed by atoms with Gasteiger partial charge in [-0.25, -0.2) is 0 Å². The van der Waals surface area contributed by atoms with E-state index in [9.17, 15) is 39.5 Å². The van der Waals surface area contributed by atoms with E-state index in [2.05, 4.69) is 0 Å². The SMILES string of the molecule is FC(F)=C(F)C(F)(F)C(F)(F)C(F)(F)I. The Morgan fingerprint density at radius 2 is 1.13 bits per heavy atom. The number of rotatable bonds is 3. The van der Waals surface area contributed by atoms with Crippen LogP contribution in [-0.2, 0) is 0 Å². The molecule has 0 amide bonds. The van der Waals surface area contributed by atoms with Gasteiger partial charge in [0.1, 0.15) is 0 Å². The molecule has 15 heavy (non-hydrogen) atoms. The summed E-state index contributed by atoms with van der Waals surface area (Å²) in [6.45, 7) is 0. The Balaban J connectivity index is 5.49. The van der Waals surface area contributed by atoms with Crippen LogP contribution < -0.4 is 0 Å². The summed E-state index contributed by atoms with van der Waals surface area (Å²) < 4.78 is 102. The molecule has 0 aromatic carbocycles. The summed E-state index contributed by atoms with van der Waals surface area (Å²) in [7, 11) is 0. The molecule has 0 spiro atoms. The van der Waals surface area contributed by atoms with Crippen molar-refractivity contribution in [1.82, 2.24) is 0 Å². The van der Waals surface area contributed by atoms with E-state index in [1.54, 1.807) is 0 Å². The second kappa shape index (κ2) is 4.01. The van der Waals surface area contributed by atoms with Crippen molar-refractivity contribution in [3.05, 3.63) is 11.9 Å². The van der Waals surface area contributed by atoms with Crippen molar-refractivity contribution in [3.8, 4) is 0 Å². The molecule has 0 atom stereocenters. The van der Waals surface area contributed by atoms with Gasteiger partial charge in [-0.15, -0.1) is 0 Å². The third-order valence-corrected chi connectivity index (χ3v) is 1.87. The summed E-state index contributed by atoms with van der Waals surface area (Å²) in [4.78, 5) is 0. The first kappa shape index (κ1) is 14.8. The second-order valence-corrected chi connectivity index (χ2v) is 3.58. The lowest BCUT2D eigenvalue weighted by molar-refractivity contribution is -0.260. The molecule has 0 fully saturated rings. The van der Waals surface area contributed by atoms with Crippen LogP contribution in [-0.4, -0.2) is 15.8 Å². The van der Waals surface area contributed by atoms with Crippen LogP contribution in [0.4, 0.5) is 39.5 Å². The fraction of sp³-hybridized carbons (Fsp3) is 0.600.